The summed E-state index contributed by atoms with van der Waals surface area (Å²) in [5.41, 5.74) is 1.97. The molecule has 0 bridgehead atoms. The topological polar surface area (TPSA) is 60.7 Å². The van der Waals surface area contributed by atoms with Gasteiger partial charge in [-0.15, -0.1) is 0 Å². The van der Waals surface area contributed by atoms with Crippen LogP contribution in [0.1, 0.15) is 22.8 Å². The maximum Gasteiger partial charge on any atom is 0.244 e. The minimum absolute atomic E-state index is 0.00956. The third-order valence-corrected chi connectivity index (χ3v) is 4.85. The summed E-state index contributed by atoms with van der Waals surface area (Å²) < 4.78 is 16.0. The van der Waals surface area contributed by atoms with Gasteiger partial charge in [-0.05, 0) is 58.3 Å². The molecule has 0 spiro atoms. The SMILES string of the molecule is COc1ccc(C=CC(=O)NCC(c2ccsc2)c2ccco2)cc1OC. The number of benzene rings is 1. The molecule has 2 heterocycles. The molecule has 1 N–H and O–H groups in total. The Labute approximate surface area is 162 Å². The number of furan rings is 1. The van der Waals surface area contributed by atoms with E-state index in [0.29, 0.717) is 18.0 Å². The van der Waals surface area contributed by atoms with Crippen LogP contribution in [0.4, 0.5) is 0 Å². The molecule has 6 heteroatoms. The summed E-state index contributed by atoms with van der Waals surface area (Å²) in [4.78, 5) is 12.3. The highest BCUT2D eigenvalue weighted by molar-refractivity contribution is 7.08. The Morgan fingerprint density at radius 2 is 2.07 bits per heavy atom. The van der Waals surface area contributed by atoms with Crippen LogP contribution in [0.25, 0.3) is 6.08 Å². The summed E-state index contributed by atoms with van der Waals surface area (Å²) in [6.45, 7) is 0.458. The molecule has 0 aliphatic carbocycles. The molecule has 0 radical (unpaired) electrons. The first kappa shape index (κ1) is 18.8. The lowest BCUT2D eigenvalue weighted by atomic mass is 9.99. The van der Waals surface area contributed by atoms with Gasteiger partial charge in [0.1, 0.15) is 5.76 Å². The van der Waals surface area contributed by atoms with E-state index in [1.807, 2.05) is 35.7 Å². The number of thiophene rings is 1. The van der Waals surface area contributed by atoms with Crippen LogP contribution in [0.15, 0.2) is 63.9 Å². The quantitative estimate of drug-likeness (QED) is 0.589. The predicted octanol–water partition coefficient (Wildman–Crippen LogP) is 4.32. The largest absolute Gasteiger partial charge is 0.493 e. The molecule has 0 aliphatic rings. The van der Waals surface area contributed by atoms with Crippen LogP contribution < -0.4 is 14.8 Å². The minimum Gasteiger partial charge on any atom is -0.493 e. The second-order valence-corrected chi connectivity index (χ2v) is 6.60. The van der Waals surface area contributed by atoms with E-state index in [1.54, 1.807) is 44.0 Å². The summed E-state index contributed by atoms with van der Waals surface area (Å²) in [5.74, 6) is 1.92. The van der Waals surface area contributed by atoms with Gasteiger partial charge in [0.25, 0.3) is 0 Å². The van der Waals surface area contributed by atoms with Crippen molar-refractivity contribution >= 4 is 23.3 Å². The highest BCUT2D eigenvalue weighted by Gasteiger charge is 2.18. The Balaban J connectivity index is 1.64. The molecule has 3 aromatic rings. The van der Waals surface area contributed by atoms with Gasteiger partial charge in [0.2, 0.25) is 5.91 Å². The third kappa shape index (κ3) is 4.80. The number of ether oxygens (including phenoxy) is 2. The Bertz CT molecular complexity index is 851. The first-order chi connectivity index (χ1) is 13.2. The smallest absolute Gasteiger partial charge is 0.244 e. The molecule has 0 saturated heterocycles. The highest BCUT2D eigenvalue weighted by atomic mass is 32.1. The average Bonchev–Trinajstić information content (AvgIpc) is 3.41. The standard InChI is InChI=1S/C21H21NO4S/c1-24-19-7-5-15(12-20(19)25-2)6-8-21(23)22-13-17(16-9-11-27-14-16)18-4-3-10-26-18/h3-12,14,17H,13H2,1-2H3,(H,22,23). The molecule has 0 aliphatic heterocycles. The Morgan fingerprint density at radius 1 is 1.22 bits per heavy atom. The number of nitrogens with one attached hydrogen (secondary N) is 1. The van der Waals surface area contributed by atoms with Crippen molar-refractivity contribution in [3.8, 4) is 11.5 Å². The van der Waals surface area contributed by atoms with Crippen LogP contribution >= 0.6 is 11.3 Å². The maximum atomic E-state index is 12.3. The second kappa shape index (κ2) is 9.09. The number of hydrogen-bond donors (Lipinski definition) is 1. The van der Waals surface area contributed by atoms with E-state index >= 15 is 0 Å². The van der Waals surface area contributed by atoms with Crippen molar-refractivity contribution in [1.29, 1.82) is 0 Å². The van der Waals surface area contributed by atoms with E-state index in [2.05, 4.69) is 10.7 Å². The van der Waals surface area contributed by atoms with Gasteiger partial charge < -0.3 is 19.2 Å². The van der Waals surface area contributed by atoms with Gasteiger partial charge in [0.05, 0.1) is 26.4 Å². The van der Waals surface area contributed by atoms with Crippen molar-refractivity contribution in [2.24, 2.45) is 0 Å². The lowest BCUT2D eigenvalue weighted by molar-refractivity contribution is -0.116. The second-order valence-electron chi connectivity index (χ2n) is 5.82. The molecule has 1 atom stereocenters. The molecule has 3 rings (SSSR count). The van der Waals surface area contributed by atoms with E-state index in [4.69, 9.17) is 13.9 Å². The Kier molecular flexibility index (Phi) is 6.33. The van der Waals surface area contributed by atoms with Crippen LogP contribution in [0.5, 0.6) is 11.5 Å². The summed E-state index contributed by atoms with van der Waals surface area (Å²) in [6, 6.07) is 11.3. The van der Waals surface area contributed by atoms with Gasteiger partial charge in [0.15, 0.2) is 11.5 Å². The first-order valence-corrected chi connectivity index (χ1v) is 9.39. The number of hydrogen-bond acceptors (Lipinski definition) is 5. The van der Waals surface area contributed by atoms with Crippen molar-refractivity contribution in [1.82, 2.24) is 5.32 Å². The summed E-state index contributed by atoms with van der Waals surface area (Å²) in [7, 11) is 3.17. The Morgan fingerprint density at radius 3 is 2.74 bits per heavy atom. The normalized spacial score (nSPS) is 12.1. The first-order valence-electron chi connectivity index (χ1n) is 8.44. The minimum atomic E-state index is -0.170. The lowest BCUT2D eigenvalue weighted by Crippen LogP contribution is -2.27. The van der Waals surface area contributed by atoms with E-state index in [0.717, 1.165) is 16.9 Å². The molecule has 1 aromatic carbocycles. The Hall–Kier alpha value is -2.99. The number of amides is 1. The van der Waals surface area contributed by atoms with Gasteiger partial charge in [-0.2, -0.15) is 11.3 Å². The molecule has 1 amide bonds. The molecule has 140 valence electrons. The van der Waals surface area contributed by atoms with Gasteiger partial charge in [0, 0.05) is 12.6 Å². The maximum absolute atomic E-state index is 12.3. The molecule has 2 aromatic heterocycles. The summed E-state index contributed by atoms with van der Waals surface area (Å²) >= 11 is 1.62. The fourth-order valence-corrected chi connectivity index (χ4v) is 3.45. The molecule has 1 unspecified atom stereocenters. The zero-order valence-electron chi connectivity index (χ0n) is 15.2. The molecule has 0 saturated carbocycles. The lowest BCUT2D eigenvalue weighted by Gasteiger charge is -2.13. The van der Waals surface area contributed by atoms with Gasteiger partial charge in [-0.25, -0.2) is 0 Å². The molecular formula is C21H21NO4S. The van der Waals surface area contributed by atoms with Crippen molar-refractivity contribution < 1.29 is 18.7 Å². The van der Waals surface area contributed by atoms with Crippen molar-refractivity contribution in [2.75, 3.05) is 20.8 Å². The highest BCUT2D eigenvalue weighted by Crippen LogP contribution is 2.28. The summed E-state index contributed by atoms with van der Waals surface area (Å²) in [5, 5.41) is 7.03. The average molecular weight is 383 g/mol. The predicted molar refractivity (Wildman–Crippen MR) is 106 cm³/mol. The van der Waals surface area contributed by atoms with Crippen LogP contribution in [0.3, 0.4) is 0 Å². The number of rotatable bonds is 8. The van der Waals surface area contributed by atoms with E-state index in [-0.39, 0.29) is 11.8 Å². The fraction of sp³-hybridized carbons (Fsp3) is 0.190. The number of carbonyl (C=O) groups is 1. The zero-order valence-corrected chi connectivity index (χ0v) is 16.0. The van der Waals surface area contributed by atoms with E-state index in [9.17, 15) is 4.79 Å². The van der Waals surface area contributed by atoms with Crippen LogP contribution in [0.2, 0.25) is 0 Å². The molecular weight excluding hydrogens is 362 g/mol. The summed E-state index contributed by atoms with van der Waals surface area (Å²) in [6.07, 6.45) is 4.89. The van der Waals surface area contributed by atoms with Gasteiger partial charge in [-0.1, -0.05) is 6.07 Å². The van der Waals surface area contributed by atoms with Crippen molar-refractivity contribution in [3.63, 3.8) is 0 Å². The monoisotopic (exact) mass is 383 g/mol. The molecule has 5 nitrogen and oxygen atoms in total. The third-order valence-electron chi connectivity index (χ3n) is 4.15. The fourth-order valence-electron chi connectivity index (χ4n) is 2.74. The van der Waals surface area contributed by atoms with E-state index in [1.165, 1.54) is 6.08 Å². The van der Waals surface area contributed by atoms with E-state index < -0.39 is 0 Å². The van der Waals surface area contributed by atoms with Crippen molar-refractivity contribution in [2.45, 2.75) is 5.92 Å². The van der Waals surface area contributed by atoms with Gasteiger partial charge in [-0.3, -0.25) is 4.79 Å². The molecule has 27 heavy (non-hydrogen) atoms. The number of carbonyl (C=O) groups excluding carboxylic acids is 1. The van der Waals surface area contributed by atoms with Crippen LogP contribution in [-0.2, 0) is 4.79 Å². The van der Waals surface area contributed by atoms with Crippen LogP contribution in [0, 0.1) is 0 Å². The zero-order chi connectivity index (χ0) is 19.1. The van der Waals surface area contributed by atoms with Crippen LogP contribution in [-0.4, -0.2) is 26.7 Å². The van der Waals surface area contributed by atoms with Crippen molar-refractivity contribution in [3.05, 3.63) is 76.4 Å². The van der Waals surface area contributed by atoms with Gasteiger partial charge >= 0.3 is 0 Å². The molecule has 0 fully saturated rings. The number of methoxy groups -OCH3 is 2.